The highest BCUT2D eigenvalue weighted by molar-refractivity contribution is 5.02. The maximum Gasteiger partial charge on any atom is 0.0351 e. The van der Waals surface area contributed by atoms with Gasteiger partial charge in [-0.1, -0.05) is 86.6 Å². The molecule has 0 unspecified atom stereocenters. The van der Waals surface area contributed by atoms with Gasteiger partial charge in [0.1, 0.15) is 0 Å². The molecule has 0 saturated heterocycles. The molecular weight excluding hydrogens is 368 g/mol. The highest BCUT2D eigenvalue weighted by Crippen LogP contribution is 2.61. The standard InChI is InChI=1S/C12H20.2C6H6.2C2H6O/c1-12(2)10-4-8-3-9(6-10)7-11(12)5-8;2*1-2-4-6-5-3-1;2*1-3-2/h8-11H,3-7H2,1-2H3;2*1-6H;2*1-2H3. The molecule has 0 heterocycles. The van der Waals surface area contributed by atoms with Crippen LogP contribution in [0, 0.1) is 29.1 Å². The van der Waals surface area contributed by atoms with Gasteiger partial charge in [0.2, 0.25) is 0 Å². The van der Waals surface area contributed by atoms with E-state index < -0.39 is 0 Å². The van der Waals surface area contributed by atoms with Crippen LogP contribution < -0.4 is 0 Å². The average Bonchev–Trinajstić information content (AvgIpc) is 2.76. The molecule has 0 spiro atoms. The summed E-state index contributed by atoms with van der Waals surface area (Å²) in [6.45, 7) is 5.06. The molecule has 6 rings (SSSR count). The molecule has 2 heteroatoms. The van der Waals surface area contributed by atoms with Gasteiger partial charge in [0.15, 0.2) is 0 Å². The van der Waals surface area contributed by atoms with E-state index in [1.807, 2.05) is 72.8 Å². The van der Waals surface area contributed by atoms with Crippen molar-refractivity contribution in [2.45, 2.75) is 46.0 Å². The Morgan fingerprint density at radius 3 is 0.867 bits per heavy atom. The van der Waals surface area contributed by atoms with E-state index >= 15 is 0 Å². The highest BCUT2D eigenvalue weighted by Gasteiger charge is 2.52. The van der Waals surface area contributed by atoms with Crippen LogP contribution in [-0.4, -0.2) is 28.4 Å². The Hall–Kier alpha value is -1.64. The van der Waals surface area contributed by atoms with Crippen LogP contribution in [0.15, 0.2) is 72.8 Å². The summed E-state index contributed by atoms with van der Waals surface area (Å²) in [5.74, 6) is 4.46. The Bertz CT molecular complexity index is 492. The highest BCUT2D eigenvalue weighted by atomic mass is 16.5. The Morgan fingerprint density at radius 2 is 0.667 bits per heavy atom. The molecule has 0 aromatic heterocycles. The van der Waals surface area contributed by atoms with Gasteiger partial charge in [0, 0.05) is 28.4 Å². The second-order valence-corrected chi connectivity index (χ2v) is 9.25. The molecule has 2 aromatic carbocycles. The van der Waals surface area contributed by atoms with Gasteiger partial charge >= 0.3 is 0 Å². The molecule has 0 radical (unpaired) electrons. The van der Waals surface area contributed by atoms with Crippen molar-refractivity contribution in [2.75, 3.05) is 28.4 Å². The van der Waals surface area contributed by atoms with Crippen LogP contribution in [0.25, 0.3) is 0 Å². The number of benzene rings is 2. The molecule has 0 N–H and O–H groups in total. The van der Waals surface area contributed by atoms with Gasteiger partial charge < -0.3 is 9.47 Å². The van der Waals surface area contributed by atoms with Crippen molar-refractivity contribution >= 4 is 0 Å². The van der Waals surface area contributed by atoms with Crippen molar-refractivity contribution in [1.82, 2.24) is 0 Å². The Morgan fingerprint density at radius 1 is 0.467 bits per heavy atom. The van der Waals surface area contributed by atoms with Gasteiger partial charge in [-0.2, -0.15) is 0 Å². The maximum absolute atomic E-state index is 4.25. The number of ether oxygens (including phenoxy) is 2. The summed E-state index contributed by atoms with van der Waals surface area (Å²) in [6, 6.07) is 24.0. The maximum atomic E-state index is 4.25. The number of rotatable bonds is 0. The van der Waals surface area contributed by atoms with E-state index in [9.17, 15) is 0 Å². The molecule has 0 amide bonds. The van der Waals surface area contributed by atoms with Gasteiger partial charge in [0.05, 0.1) is 0 Å². The van der Waals surface area contributed by atoms with Crippen LogP contribution in [0.4, 0.5) is 0 Å². The minimum atomic E-state index is 0.702. The lowest BCUT2D eigenvalue weighted by Crippen LogP contribution is -2.49. The number of hydrogen-bond donors (Lipinski definition) is 0. The Balaban J connectivity index is 0.000000214. The third-order valence-corrected chi connectivity index (χ3v) is 6.58. The van der Waals surface area contributed by atoms with Gasteiger partial charge in [-0.25, -0.2) is 0 Å². The first-order valence-electron chi connectivity index (χ1n) is 11.3. The van der Waals surface area contributed by atoms with E-state index in [-0.39, 0.29) is 0 Å². The summed E-state index contributed by atoms with van der Waals surface area (Å²) in [6.07, 6.45) is 7.86. The fraction of sp³-hybridized carbons (Fsp3) is 0.571. The van der Waals surface area contributed by atoms with Gasteiger partial charge in [-0.15, -0.1) is 0 Å². The van der Waals surface area contributed by atoms with Crippen LogP contribution in [-0.2, 0) is 9.47 Å². The number of hydrogen-bond acceptors (Lipinski definition) is 2. The van der Waals surface area contributed by atoms with E-state index in [1.54, 1.807) is 60.5 Å². The third-order valence-electron chi connectivity index (χ3n) is 6.58. The Kier molecular flexibility index (Phi) is 13.4. The Labute approximate surface area is 186 Å². The van der Waals surface area contributed by atoms with Gasteiger partial charge in [0.25, 0.3) is 0 Å². The molecule has 0 aliphatic heterocycles. The predicted octanol–water partition coefficient (Wildman–Crippen LogP) is 7.37. The van der Waals surface area contributed by atoms with E-state index in [0.717, 1.165) is 23.7 Å². The first-order valence-corrected chi connectivity index (χ1v) is 11.3. The van der Waals surface area contributed by atoms with Gasteiger partial charge in [-0.3, -0.25) is 0 Å². The smallest absolute Gasteiger partial charge is 0.0351 e. The zero-order chi connectivity index (χ0) is 22.2. The second-order valence-electron chi connectivity index (χ2n) is 9.25. The SMILES string of the molecule is CC1(C)C2CC3CC(C2)CC1C3.COC.COC.c1ccccc1.c1ccccc1. The summed E-state index contributed by atoms with van der Waals surface area (Å²) in [5, 5.41) is 0. The molecular formula is C28H44O2. The first-order chi connectivity index (χ1) is 14.5. The van der Waals surface area contributed by atoms with Crippen molar-refractivity contribution < 1.29 is 9.47 Å². The fourth-order valence-corrected chi connectivity index (χ4v) is 5.17. The van der Waals surface area contributed by atoms with Crippen LogP contribution >= 0.6 is 0 Å². The molecule has 2 aromatic rings. The largest absolute Gasteiger partial charge is 0.388 e. The summed E-state index contributed by atoms with van der Waals surface area (Å²) in [4.78, 5) is 0. The predicted molar refractivity (Wildman–Crippen MR) is 130 cm³/mol. The van der Waals surface area contributed by atoms with E-state index in [1.165, 1.54) is 0 Å². The number of methoxy groups -OCH3 is 2. The van der Waals surface area contributed by atoms with Crippen LogP contribution in [0.3, 0.4) is 0 Å². The second kappa shape index (κ2) is 15.2. The van der Waals surface area contributed by atoms with Crippen LogP contribution in [0.5, 0.6) is 0 Å². The average molecular weight is 413 g/mol. The van der Waals surface area contributed by atoms with Crippen molar-refractivity contribution in [3.63, 3.8) is 0 Å². The summed E-state index contributed by atoms with van der Waals surface area (Å²) >= 11 is 0. The van der Waals surface area contributed by atoms with E-state index in [4.69, 9.17) is 0 Å². The minimum absolute atomic E-state index is 0.702. The molecule has 4 aliphatic carbocycles. The molecule has 4 bridgehead atoms. The summed E-state index contributed by atoms with van der Waals surface area (Å²) < 4.78 is 8.50. The quantitative estimate of drug-likeness (QED) is 0.450. The van der Waals surface area contributed by atoms with Crippen molar-refractivity contribution in [2.24, 2.45) is 29.1 Å². The monoisotopic (exact) mass is 412 g/mol. The fourth-order valence-electron chi connectivity index (χ4n) is 5.17. The molecule has 30 heavy (non-hydrogen) atoms. The van der Waals surface area contributed by atoms with Crippen molar-refractivity contribution in [3.05, 3.63) is 72.8 Å². The molecule has 4 fully saturated rings. The summed E-state index contributed by atoms with van der Waals surface area (Å²) in [5.41, 5.74) is 0.702. The lowest BCUT2D eigenvalue weighted by atomic mass is 9.46. The minimum Gasteiger partial charge on any atom is -0.388 e. The van der Waals surface area contributed by atoms with Gasteiger partial charge in [-0.05, 0) is 61.2 Å². The normalized spacial score (nSPS) is 26.2. The molecule has 2 nitrogen and oxygen atoms in total. The molecule has 168 valence electrons. The van der Waals surface area contributed by atoms with Crippen LogP contribution in [0.1, 0.15) is 46.0 Å². The molecule has 0 atom stereocenters. The topological polar surface area (TPSA) is 18.5 Å². The third kappa shape index (κ3) is 9.45. The zero-order valence-corrected chi connectivity index (χ0v) is 20.1. The van der Waals surface area contributed by atoms with Crippen molar-refractivity contribution in [1.29, 1.82) is 0 Å². The molecule has 4 aliphatic rings. The van der Waals surface area contributed by atoms with Crippen LogP contribution in [0.2, 0.25) is 0 Å². The van der Waals surface area contributed by atoms with Crippen molar-refractivity contribution in [3.8, 4) is 0 Å². The lowest BCUT2D eigenvalue weighted by Gasteiger charge is -2.59. The first kappa shape index (κ1) is 26.4. The zero-order valence-electron chi connectivity index (χ0n) is 20.1. The lowest BCUT2D eigenvalue weighted by molar-refractivity contribution is -0.0876. The summed E-state index contributed by atoms with van der Waals surface area (Å²) in [7, 11) is 6.50. The van der Waals surface area contributed by atoms with E-state index in [2.05, 4.69) is 23.3 Å². The molecule has 4 saturated carbocycles. The van der Waals surface area contributed by atoms with E-state index in [0.29, 0.717) is 5.41 Å².